The molecule has 0 amide bonds. The molecule has 12 heteroatoms. The Balaban J connectivity index is 0.000000141. The van der Waals surface area contributed by atoms with E-state index in [1.165, 1.54) is 84.0 Å². The van der Waals surface area contributed by atoms with Crippen molar-refractivity contribution in [3.8, 4) is 124 Å². The number of para-hydroxylation sites is 4. The molecule has 0 unspecified atom stereocenters. The summed E-state index contributed by atoms with van der Waals surface area (Å²) < 4.78 is 9.63. The van der Waals surface area contributed by atoms with E-state index in [-0.39, 0.29) is 0 Å². The largest absolute Gasteiger partial charge is 0.309 e. The minimum atomic E-state index is 0.574. The lowest BCUT2D eigenvalue weighted by Crippen LogP contribution is -2.02. The van der Waals surface area contributed by atoms with E-state index in [9.17, 15) is 0 Å². The van der Waals surface area contributed by atoms with E-state index in [2.05, 4.69) is 240 Å². The first kappa shape index (κ1) is 65.7. The average Bonchev–Trinajstić information content (AvgIpc) is 1.56. The molecule has 8 aromatic heterocycles. The zero-order chi connectivity index (χ0) is 74.0. The fourth-order valence-corrected chi connectivity index (χ4v) is 18.2. The van der Waals surface area contributed by atoms with Crippen LogP contribution in [0.15, 0.2) is 376 Å². The Morgan fingerprint density at radius 3 is 1.03 bits per heavy atom. The van der Waals surface area contributed by atoms with Crippen LogP contribution in [0.2, 0.25) is 0 Å². The van der Waals surface area contributed by atoms with Crippen molar-refractivity contribution in [2.75, 3.05) is 0 Å². The molecule has 22 rings (SSSR count). The molecule has 0 radical (unpaired) electrons. The number of fused-ring (bicyclic) bond motifs is 14. The van der Waals surface area contributed by atoms with Crippen molar-refractivity contribution in [3.05, 3.63) is 376 Å². The van der Waals surface area contributed by atoms with E-state index in [0.29, 0.717) is 34.9 Å². The van der Waals surface area contributed by atoms with E-state index >= 15 is 0 Å². The van der Waals surface area contributed by atoms with E-state index in [1.54, 1.807) is 0 Å². The topological polar surface area (TPSA) is 113 Å². The summed E-state index contributed by atoms with van der Waals surface area (Å²) in [4.78, 5) is 41.1. The summed E-state index contributed by atoms with van der Waals surface area (Å²) in [5.41, 5.74) is 20.3. The molecule has 0 spiro atoms. The first-order valence-corrected chi connectivity index (χ1v) is 38.9. The Bertz CT molecular complexity index is 7220. The maximum Gasteiger partial charge on any atom is 0.166 e. The maximum atomic E-state index is 5.28. The molecule has 10 nitrogen and oxygen atoms in total. The maximum absolute atomic E-state index is 5.28. The van der Waals surface area contributed by atoms with Gasteiger partial charge in [-0.25, -0.2) is 29.9 Å². The van der Waals surface area contributed by atoms with Gasteiger partial charge in [-0.15, -0.1) is 22.7 Å². The molecule has 0 atom stereocenters. The summed E-state index contributed by atoms with van der Waals surface area (Å²) in [5, 5.41) is 10.00. The first-order valence-electron chi connectivity index (χ1n) is 37.3. The molecule has 0 fully saturated rings. The Labute approximate surface area is 652 Å². The van der Waals surface area contributed by atoms with Crippen LogP contribution in [0.5, 0.6) is 0 Å². The van der Waals surface area contributed by atoms with Gasteiger partial charge in [0.1, 0.15) is 0 Å². The molecule has 0 N–H and O–H groups in total. The van der Waals surface area contributed by atoms with Crippen LogP contribution in [-0.4, -0.2) is 49.0 Å². The second-order valence-corrected chi connectivity index (χ2v) is 29.8. The number of pyridine rings is 2. The second-order valence-electron chi connectivity index (χ2n) is 27.7. The number of thiophene rings is 2. The van der Waals surface area contributed by atoms with E-state index in [1.807, 2.05) is 169 Å². The molecule has 524 valence electrons. The molecule has 14 aromatic carbocycles. The Hall–Kier alpha value is -14.6. The van der Waals surface area contributed by atoms with Crippen LogP contribution in [0, 0.1) is 0 Å². The third-order valence-corrected chi connectivity index (χ3v) is 23.3. The second kappa shape index (κ2) is 27.9. The van der Waals surface area contributed by atoms with Crippen LogP contribution >= 0.6 is 22.7 Å². The zero-order valence-corrected chi connectivity index (χ0v) is 61.7. The number of hydrogen-bond donors (Lipinski definition) is 0. The van der Waals surface area contributed by atoms with Gasteiger partial charge in [0, 0.05) is 141 Å². The summed E-state index contributed by atoms with van der Waals surface area (Å²) in [7, 11) is 0. The minimum Gasteiger partial charge on any atom is -0.309 e. The molecule has 0 saturated heterocycles. The monoisotopic (exact) mass is 1470 g/mol. The van der Waals surface area contributed by atoms with Crippen LogP contribution in [-0.2, 0) is 0 Å². The summed E-state index contributed by atoms with van der Waals surface area (Å²) >= 11 is 3.64. The number of hydrogen-bond acceptors (Lipinski definition) is 10. The molecule has 22 aromatic rings. The highest BCUT2D eigenvalue weighted by Crippen LogP contribution is 2.49. The van der Waals surface area contributed by atoms with Gasteiger partial charge in [0.25, 0.3) is 0 Å². The van der Waals surface area contributed by atoms with Crippen molar-refractivity contribution >= 4 is 107 Å². The average molecular weight is 1470 g/mol. The summed E-state index contributed by atoms with van der Waals surface area (Å²) in [6, 6.07) is 127. The van der Waals surface area contributed by atoms with Crippen LogP contribution in [0.25, 0.3) is 208 Å². The van der Waals surface area contributed by atoms with Crippen molar-refractivity contribution in [2.24, 2.45) is 0 Å². The van der Waals surface area contributed by atoms with Gasteiger partial charge < -0.3 is 9.13 Å². The van der Waals surface area contributed by atoms with Crippen molar-refractivity contribution in [2.45, 2.75) is 0 Å². The van der Waals surface area contributed by atoms with E-state index in [4.69, 9.17) is 39.9 Å². The SMILES string of the molecule is c1ccc(-c2cnc(-c3ccc4c(c3)sc3ccc5c(c6ccccc6n5-c5ccccc5)c34)c(-c3nc(-c4ccccc4)nc(-c4ccccc4)n3)c2)cc1.c1ccc(-c2cnc(-c3cccc4c3sc3ccc5c(c6ccccc6n5-c5ccccc5)c34)c(-c3nc(-c4ccccc4)nc(-c4ccccc4)n3)c2)cc1. The highest BCUT2D eigenvalue weighted by Gasteiger charge is 2.26. The third kappa shape index (κ3) is 11.6. The van der Waals surface area contributed by atoms with Gasteiger partial charge in [0.2, 0.25) is 0 Å². The zero-order valence-electron chi connectivity index (χ0n) is 60.1. The molecular weight excluding hydrogens is 1410 g/mol. The lowest BCUT2D eigenvalue weighted by atomic mass is 9.98. The smallest absolute Gasteiger partial charge is 0.166 e. The fraction of sp³-hybridized carbons (Fsp3) is 0. The molecule has 0 bridgehead atoms. The predicted octanol–water partition coefficient (Wildman–Crippen LogP) is 26.1. The minimum absolute atomic E-state index is 0.574. The molecule has 8 heterocycles. The van der Waals surface area contributed by atoms with Crippen molar-refractivity contribution in [1.29, 1.82) is 0 Å². The van der Waals surface area contributed by atoms with Gasteiger partial charge in [-0.1, -0.05) is 285 Å². The predicted molar refractivity (Wildman–Crippen MR) is 464 cm³/mol. The highest BCUT2D eigenvalue weighted by atomic mass is 32.1. The lowest BCUT2D eigenvalue weighted by molar-refractivity contribution is 1.07. The van der Waals surface area contributed by atoms with Gasteiger partial charge in [0.05, 0.1) is 33.5 Å². The Morgan fingerprint density at radius 2 is 0.571 bits per heavy atom. The van der Waals surface area contributed by atoms with Gasteiger partial charge in [-0.2, -0.15) is 0 Å². The molecular formula is C100H62N10S2. The van der Waals surface area contributed by atoms with Crippen LogP contribution in [0.3, 0.4) is 0 Å². The molecule has 0 aliphatic carbocycles. The van der Waals surface area contributed by atoms with E-state index in [0.717, 1.165) is 89.5 Å². The van der Waals surface area contributed by atoms with Gasteiger partial charge in [0.15, 0.2) is 34.9 Å². The molecule has 112 heavy (non-hydrogen) atoms. The van der Waals surface area contributed by atoms with Crippen LogP contribution in [0.1, 0.15) is 0 Å². The van der Waals surface area contributed by atoms with Crippen LogP contribution < -0.4 is 0 Å². The van der Waals surface area contributed by atoms with Crippen LogP contribution in [0.4, 0.5) is 0 Å². The van der Waals surface area contributed by atoms with Gasteiger partial charge >= 0.3 is 0 Å². The van der Waals surface area contributed by atoms with E-state index < -0.39 is 0 Å². The highest BCUT2D eigenvalue weighted by molar-refractivity contribution is 7.26. The number of nitrogens with zero attached hydrogens (tertiary/aromatic N) is 10. The quantitative estimate of drug-likeness (QED) is 0.119. The van der Waals surface area contributed by atoms with Gasteiger partial charge in [-0.05, 0) is 90.0 Å². The fourth-order valence-electron chi connectivity index (χ4n) is 15.9. The summed E-state index contributed by atoms with van der Waals surface area (Å²) in [5.74, 6) is 3.60. The lowest BCUT2D eigenvalue weighted by Gasteiger charge is -2.14. The third-order valence-electron chi connectivity index (χ3n) is 21.0. The van der Waals surface area contributed by atoms with Gasteiger partial charge in [-0.3, -0.25) is 9.97 Å². The standard InChI is InChI=1S/2C50H31N5S/c1-5-16-32(17-6-1)35-30-40(50-53-48(33-18-7-2-8-19-33)52-49(54-50)34-20-9-3-10-21-34)46(51-31-35)39-26-15-25-38-45-43(56-47(38)39)29-28-42-44(45)37-24-13-14-27-41(37)55(42)36-22-11-4-12-23-36;1-5-15-32(16-6-1)36-29-40(50-53-48(33-17-7-2-8-18-33)52-49(54-50)34-19-9-3-10-20-34)47(51-31-36)35-25-26-39-44(30-35)56-43-28-27-42-45(46(39)43)38-23-13-14-24-41(38)55(42)37-21-11-4-12-22-37/h2*1-31H. The normalized spacial score (nSPS) is 11.6. The van der Waals surface area contributed by atoms with Crippen molar-refractivity contribution in [1.82, 2.24) is 49.0 Å². The summed E-state index contributed by atoms with van der Waals surface area (Å²) in [6.45, 7) is 0. The Morgan fingerprint density at radius 1 is 0.205 bits per heavy atom. The molecule has 0 saturated carbocycles. The van der Waals surface area contributed by atoms with Crippen molar-refractivity contribution in [3.63, 3.8) is 0 Å². The number of aromatic nitrogens is 10. The molecule has 0 aliphatic rings. The summed E-state index contributed by atoms with van der Waals surface area (Å²) in [6.07, 6.45) is 3.94. The molecule has 0 aliphatic heterocycles. The number of rotatable bonds is 12. The number of benzene rings is 14. The first-order chi connectivity index (χ1) is 55.5. The van der Waals surface area contributed by atoms with Crippen molar-refractivity contribution < 1.29 is 0 Å². The Kier molecular flexibility index (Phi) is 16.4.